The lowest BCUT2D eigenvalue weighted by Gasteiger charge is -2.15. The number of aryl methyl sites for hydroxylation is 1. The molecular formula is C12H15N3S. The number of pyridine rings is 1. The summed E-state index contributed by atoms with van der Waals surface area (Å²) in [6.45, 7) is 2.11. The average Bonchev–Trinajstić information content (AvgIpc) is 2.74. The van der Waals surface area contributed by atoms with Crippen molar-refractivity contribution >= 4 is 11.3 Å². The molecule has 0 aliphatic carbocycles. The van der Waals surface area contributed by atoms with Crippen LogP contribution in [0.15, 0.2) is 35.8 Å². The van der Waals surface area contributed by atoms with Crippen molar-refractivity contribution < 1.29 is 0 Å². The van der Waals surface area contributed by atoms with Crippen LogP contribution in [0.1, 0.15) is 22.2 Å². The van der Waals surface area contributed by atoms with Crippen LogP contribution in [0.3, 0.4) is 0 Å². The van der Waals surface area contributed by atoms with E-state index < -0.39 is 0 Å². The summed E-state index contributed by atoms with van der Waals surface area (Å²) in [5, 5.41) is 2.09. The second-order valence-electron chi connectivity index (χ2n) is 3.68. The molecule has 1 atom stereocenters. The van der Waals surface area contributed by atoms with E-state index in [1.807, 2.05) is 24.4 Å². The molecule has 4 heteroatoms. The molecule has 2 heterocycles. The molecular weight excluding hydrogens is 218 g/mol. The molecule has 1 unspecified atom stereocenters. The third-order valence-electron chi connectivity index (χ3n) is 2.61. The lowest BCUT2D eigenvalue weighted by atomic mass is 10.0. The number of nitrogens with zero attached hydrogens (tertiary/aromatic N) is 1. The molecule has 0 aliphatic heterocycles. The molecule has 0 spiro atoms. The van der Waals surface area contributed by atoms with Crippen molar-refractivity contribution in [3.63, 3.8) is 0 Å². The molecule has 0 saturated carbocycles. The van der Waals surface area contributed by atoms with E-state index in [4.69, 9.17) is 5.84 Å². The highest BCUT2D eigenvalue weighted by atomic mass is 32.1. The predicted octanol–water partition coefficient (Wildman–Crippen LogP) is 2.20. The lowest BCUT2D eigenvalue weighted by molar-refractivity contribution is 0.545. The minimum Gasteiger partial charge on any atom is -0.271 e. The number of nitrogens with two attached hydrogens (primary N) is 1. The van der Waals surface area contributed by atoms with Gasteiger partial charge in [-0.15, -0.1) is 11.3 Å². The Balaban J connectivity index is 2.16. The van der Waals surface area contributed by atoms with Gasteiger partial charge >= 0.3 is 0 Å². The van der Waals surface area contributed by atoms with E-state index in [1.165, 1.54) is 10.4 Å². The van der Waals surface area contributed by atoms with Gasteiger partial charge in [0.15, 0.2) is 0 Å². The first-order valence-electron chi connectivity index (χ1n) is 5.21. The summed E-state index contributed by atoms with van der Waals surface area (Å²) >= 11 is 1.74. The Kier molecular flexibility index (Phi) is 3.66. The molecule has 2 aromatic rings. The van der Waals surface area contributed by atoms with E-state index in [9.17, 15) is 0 Å². The zero-order valence-electron chi connectivity index (χ0n) is 9.18. The van der Waals surface area contributed by atoms with Crippen LogP contribution < -0.4 is 11.3 Å². The van der Waals surface area contributed by atoms with E-state index in [1.54, 1.807) is 11.3 Å². The van der Waals surface area contributed by atoms with Gasteiger partial charge in [-0.1, -0.05) is 6.07 Å². The number of thiophene rings is 1. The van der Waals surface area contributed by atoms with Gasteiger partial charge in [0.1, 0.15) is 0 Å². The molecule has 0 radical (unpaired) electrons. The Morgan fingerprint density at radius 2 is 2.31 bits per heavy atom. The Labute approximate surface area is 99.3 Å². The largest absolute Gasteiger partial charge is 0.271 e. The van der Waals surface area contributed by atoms with Gasteiger partial charge < -0.3 is 0 Å². The Morgan fingerprint density at radius 3 is 2.88 bits per heavy atom. The van der Waals surface area contributed by atoms with E-state index in [0.29, 0.717) is 0 Å². The van der Waals surface area contributed by atoms with Crippen LogP contribution in [-0.4, -0.2) is 4.98 Å². The smallest absolute Gasteiger partial charge is 0.0526 e. The summed E-state index contributed by atoms with van der Waals surface area (Å²) in [4.78, 5) is 5.62. The maximum absolute atomic E-state index is 5.61. The first-order valence-corrected chi connectivity index (χ1v) is 6.09. The fourth-order valence-corrected chi connectivity index (χ4v) is 2.51. The third kappa shape index (κ3) is 2.47. The number of rotatable bonds is 4. The standard InChI is InChI=1S/C12H15N3S/c1-9-11(5-7-16-9)12(15-13)8-10-4-2-3-6-14-10/h2-7,12,15H,8,13H2,1H3. The Hall–Kier alpha value is -1.23. The molecule has 84 valence electrons. The first kappa shape index (κ1) is 11.3. The van der Waals surface area contributed by atoms with Crippen LogP contribution in [0.5, 0.6) is 0 Å². The maximum Gasteiger partial charge on any atom is 0.0526 e. The van der Waals surface area contributed by atoms with Crippen molar-refractivity contribution in [1.29, 1.82) is 0 Å². The highest BCUT2D eigenvalue weighted by Gasteiger charge is 2.14. The summed E-state index contributed by atoms with van der Waals surface area (Å²) in [5.41, 5.74) is 5.17. The lowest BCUT2D eigenvalue weighted by Crippen LogP contribution is -2.29. The minimum atomic E-state index is 0.140. The zero-order valence-corrected chi connectivity index (χ0v) is 10.00. The molecule has 0 fully saturated rings. The molecule has 16 heavy (non-hydrogen) atoms. The number of nitrogens with one attached hydrogen (secondary N) is 1. The average molecular weight is 233 g/mol. The summed E-state index contributed by atoms with van der Waals surface area (Å²) in [7, 11) is 0. The summed E-state index contributed by atoms with van der Waals surface area (Å²) < 4.78 is 0. The van der Waals surface area contributed by atoms with Crippen molar-refractivity contribution in [2.75, 3.05) is 0 Å². The molecule has 0 aromatic carbocycles. The van der Waals surface area contributed by atoms with Crippen LogP contribution >= 0.6 is 11.3 Å². The summed E-state index contributed by atoms with van der Waals surface area (Å²) in [5.74, 6) is 5.61. The first-order chi connectivity index (χ1) is 7.81. The van der Waals surface area contributed by atoms with Gasteiger partial charge in [-0.25, -0.2) is 0 Å². The van der Waals surface area contributed by atoms with Gasteiger partial charge in [-0.05, 0) is 36.1 Å². The fourth-order valence-electron chi connectivity index (χ4n) is 1.74. The molecule has 2 rings (SSSR count). The van der Waals surface area contributed by atoms with Crippen LogP contribution in [-0.2, 0) is 6.42 Å². The normalized spacial score (nSPS) is 12.6. The van der Waals surface area contributed by atoms with E-state index in [2.05, 4.69) is 28.8 Å². The number of aromatic nitrogens is 1. The minimum absolute atomic E-state index is 0.140. The zero-order chi connectivity index (χ0) is 11.4. The number of hydrazine groups is 1. The third-order valence-corrected chi connectivity index (χ3v) is 3.48. The van der Waals surface area contributed by atoms with Crippen LogP contribution in [0.2, 0.25) is 0 Å². The van der Waals surface area contributed by atoms with Crippen LogP contribution in [0, 0.1) is 6.92 Å². The molecule has 0 saturated heterocycles. The predicted molar refractivity (Wildman–Crippen MR) is 67.1 cm³/mol. The Morgan fingerprint density at radius 1 is 1.44 bits per heavy atom. The SMILES string of the molecule is Cc1sccc1C(Cc1ccccn1)NN. The van der Waals surface area contributed by atoms with Crippen LogP contribution in [0.25, 0.3) is 0 Å². The van der Waals surface area contributed by atoms with Crippen molar-refractivity contribution in [1.82, 2.24) is 10.4 Å². The van der Waals surface area contributed by atoms with Gasteiger partial charge in [0.05, 0.1) is 6.04 Å². The molecule has 3 N–H and O–H groups in total. The fraction of sp³-hybridized carbons (Fsp3) is 0.250. The van der Waals surface area contributed by atoms with Crippen LogP contribution in [0.4, 0.5) is 0 Å². The van der Waals surface area contributed by atoms with E-state index in [0.717, 1.165) is 12.1 Å². The second kappa shape index (κ2) is 5.21. The summed E-state index contributed by atoms with van der Waals surface area (Å²) in [6, 6.07) is 8.20. The maximum atomic E-state index is 5.61. The van der Waals surface area contributed by atoms with Crippen molar-refractivity contribution in [2.45, 2.75) is 19.4 Å². The number of hydrogen-bond donors (Lipinski definition) is 2. The quantitative estimate of drug-likeness (QED) is 0.629. The molecule has 0 aliphatic rings. The van der Waals surface area contributed by atoms with E-state index >= 15 is 0 Å². The van der Waals surface area contributed by atoms with Gasteiger partial charge in [-0.2, -0.15) is 0 Å². The van der Waals surface area contributed by atoms with Gasteiger partial charge in [0.25, 0.3) is 0 Å². The second-order valence-corrected chi connectivity index (χ2v) is 4.80. The van der Waals surface area contributed by atoms with Crippen molar-refractivity contribution in [3.8, 4) is 0 Å². The Bertz CT molecular complexity index is 439. The summed E-state index contributed by atoms with van der Waals surface area (Å²) in [6.07, 6.45) is 2.62. The molecule has 0 bridgehead atoms. The van der Waals surface area contributed by atoms with Gasteiger partial charge in [0.2, 0.25) is 0 Å². The molecule has 2 aromatic heterocycles. The van der Waals surface area contributed by atoms with E-state index in [-0.39, 0.29) is 6.04 Å². The van der Waals surface area contributed by atoms with Crippen molar-refractivity contribution in [3.05, 3.63) is 52.0 Å². The monoisotopic (exact) mass is 233 g/mol. The number of hydrogen-bond acceptors (Lipinski definition) is 4. The highest BCUT2D eigenvalue weighted by molar-refractivity contribution is 7.10. The van der Waals surface area contributed by atoms with Gasteiger partial charge in [0, 0.05) is 23.2 Å². The topological polar surface area (TPSA) is 50.9 Å². The highest BCUT2D eigenvalue weighted by Crippen LogP contribution is 2.24. The van der Waals surface area contributed by atoms with Gasteiger partial charge in [-0.3, -0.25) is 16.3 Å². The molecule has 0 amide bonds. The van der Waals surface area contributed by atoms with Crippen molar-refractivity contribution in [2.24, 2.45) is 5.84 Å². The molecule has 3 nitrogen and oxygen atoms in total.